The molecule has 0 saturated heterocycles. The molecule has 10 aromatic rings. The second kappa shape index (κ2) is 14.1. The summed E-state index contributed by atoms with van der Waals surface area (Å²) in [4.78, 5) is 15.5. The molecule has 8 aromatic carbocycles. The summed E-state index contributed by atoms with van der Waals surface area (Å²) in [6.45, 7) is 0. The molecule has 0 bridgehead atoms. The molecule has 0 radical (unpaired) electrons. The zero-order chi connectivity index (χ0) is 36.6. The van der Waals surface area contributed by atoms with E-state index in [4.69, 9.17) is 15.0 Å². The zero-order valence-corrected chi connectivity index (χ0v) is 30.6. The number of nitrogens with zero attached hydrogens (tertiary/aromatic N) is 3. The number of benzene rings is 8. The monoisotopic (exact) mass is 719 g/mol. The number of fused-ring (bicyclic) bond motifs is 3. The van der Waals surface area contributed by atoms with Crippen LogP contribution in [0.25, 0.3) is 98.8 Å². The van der Waals surface area contributed by atoms with Crippen molar-refractivity contribution in [1.29, 1.82) is 0 Å². The maximum Gasteiger partial charge on any atom is 0.164 e. The smallest absolute Gasteiger partial charge is 0.164 e. The lowest BCUT2D eigenvalue weighted by atomic mass is 9.97. The van der Waals surface area contributed by atoms with Crippen LogP contribution in [0, 0.1) is 0 Å². The van der Waals surface area contributed by atoms with Crippen molar-refractivity contribution in [3.05, 3.63) is 200 Å². The van der Waals surface area contributed by atoms with Crippen LogP contribution in [-0.2, 0) is 0 Å². The van der Waals surface area contributed by atoms with Crippen molar-refractivity contribution in [1.82, 2.24) is 15.0 Å². The van der Waals surface area contributed by atoms with E-state index in [0.29, 0.717) is 17.5 Å². The van der Waals surface area contributed by atoms with Gasteiger partial charge in [0.25, 0.3) is 0 Å². The minimum atomic E-state index is 0.639. The molecule has 0 spiro atoms. The Balaban J connectivity index is 1.09. The minimum Gasteiger partial charge on any atom is -0.208 e. The number of hydrogen-bond donors (Lipinski definition) is 0. The van der Waals surface area contributed by atoms with Gasteiger partial charge >= 0.3 is 0 Å². The molecule has 0 fully saturated rings. The van der Waals surface area contributed by atoms with E-state index in [2.05, 4.69) is 176 Å². The second-order valence-electron chi connectivity index (χ2n) is 13.6. The van der Waals surface area contributed by atoms with Crippen LogP contribution in [0.4, 0.5) is 0 Å². The first kappa shape index (κ1) is 32.6. The van der Waals surface area contributed by atoms with Gasteiger partial charge in [-0.2, -0.15) is 0 Å². The van der Waals surface area contributed by atoms with E-state index in [1.54, 1.807) is 11.3 Å². The molecule has 3 nitrogen and oxygen atoms in total. The molecule has 0 amide bonds. The molecular weight excluding hydrogens is 687 g/mol. The van der Waals surface area contributed by atoms with Crippen molar-refractivity contribution >= 4 is 31.5 Å². The summed E-state index contributed by atoms with van der Waals surface area (Å²) < 4.78 is 2.43. The molecule has 0 atom stereocenters. The molecular formula is C51H33N3S. The maximum absolute atomic E-state index is 5.24. The second-order valence-corrected chi connectivity index (χ2v) is 14.7. The van der Waals surface area contributed by atoms with E-state index in [0.717, 1.165) is 33.2 Å². The standard InChI is InChI=1S/C51H33N3S/c1-4-13-34(14-5-1)36-25-27-37(28-26-36)42-29-30-46-45(33-42)48-44(23-12-24-47(48)55-46)51-53-49(38-17-8-3-9-18-38)52-50(54-51)43-22-11-21-41(32-43)40-20-10-19-39(31-40)35-15-6-2-7-16-35/h1-33H. The Labute approximate surface area is 323 Å². The SMILES string of the molecule is c1ccc(-c2ccc(-c3ccc4sc5cccc(-c6nc(-c7ccccc7)nc(-c7cccc(-c8cccc(-c9ccccc9)c8)c7)n6)c5c4c3)cc2)cc1. The molecule has 55 heavy (non-hydrogen) atoms. The highest BCUT2D eigenvalue weighted by molar-refractivity contribution is 7.26. The van der Waals surface area contributed by atoms with Gasteiger partial charge in [0.05, 0.1) is 0 Å². The normalized spacial score (nSPS) is 11.3. The third-order valence-corrected chi connectivity index (χ3v) is 11.3. The molecule has 0 unspecified atom stereocenters. The summed E-state index contributed by atoms with van der Waals surface area (Å²) >= 11 is 1.80. The lowest BCUT2D eigenvalue weighted by Crippen LogP contribution is -2.00. The predicted octanol–water partition coefficient (Wildman–Crippen LogP) is 13.9. The van der Waals surface area contributed by atoms with E-state index >= 15 is 0 Å². The van der Waals surface area contributed by atoms with Crippen molar-refractivity contribution in [3.63, 3.8) is 0 Å². The van der Waals surface area contributed by atoms with Crippen molar-refractivity contribution in [2.45, 2.75) is 0 Å². The molecule has 0 aliphatic heterocycles. The fourth-order valence-electron chi connectivity index (χ4n) is 7.37. The number of thiophene rings is 1. The van der Waals surface area contributed by atoms with Crippen LogP contribution in [0.1, 0.15) is 0 Å². The Kier molecular flexibility index (Phi) is 8.36. The zero-order valence-electron chi connectivity index (χ0n) is 29.8. The average molecular weight is 720 g/mol. The summed E-state index contributed by atoms with van der Waals surface area (Å²) in [6, 6.07) is 70.5. The fourth-order valence-corrected chi connectivity index (χ4v) is 8.48. The van der Waals surface area contributed by atoms with Gasteiger partial charge in [0.1, 0.15) is 0 Å². The Morgan fingerprint density at radius 1 is 0.273 bits per heavy atom. The van der Waals surface area contributed by atoms with E-state index < -0.39 is 0 Å². The van der Waals surface area contributed by atoms with Gasteiger partial charge in [-0.3, -0.25) is 0 Å². The molecule has 0 N–H and O–H groups in total. The van der Waals surface area contributed by atoms with Crippen molar-refractivity contribution in [2.24, 2.45) is 0 Å². The van der Waals surface area contributed by atoms with Gasteiger partial charge in [0.2, 0.25) is 0 Å². The first-order chi connectivity index (χ1) is 27.2. The average Bonchev–Trinajstić information content (AvgIpc) is 3.66. The van der Waals surface area contributed by atoms with Crippen LogP contribution >= 0.6 is 11.3 Å². The van der Waals surface area contributed by atoms with Crippen LogP contribution in [0.3, 0.4) is 0 Å². The molecule has 2 heterocycles. The Hall–Kier alpha value is -7.01. The number of rotatable bonds is 7. The van der Waals surface area contributed by atoms with E-state index in [9.17, 15) is 0 Å². The summed E-state index contributed by atoms with van der Waals surface area (Å²) in [5.74, 6) is 1.94. The molecule has 0 aliphatic carbocycles. The number of hydrogen-bond acceptors (Lipinski definition) is 4. The Morgan fingerprint density at radius 3 is 1.35 bits per heavy atom. The molecule has 0 saturated carbocycles. The lowest BCUT2D eigenvalue weighted by molar-refractivity contribution is 1.08. The lowest BCUT2D eigenvalue weighted by Gasteiger charge is -2.11. The molecule has 0 aliphatic rings. The summed E-state index contributed by atoms with van der Waals surface area (Å²) in [5.41, 5.74) is 12.3. The topological polar surface area (TPSA) is 38.7 Å². The highest BCUT2D eigenvalue weighted by Crippen LogP contribution is 2.42. The van der Waals surface area contributed by atoms with Crippen LogP contribution in [0.5, 0.6) is 0 Å². The third-order valence-electron chi connectivity index (χ3n) is 10.2. The highest BCUT2D eigenvalue weighted by Gasteiger charge is 2.18. The molecule has 4 heteroatoms. The van der Waals surface area contributed by atoms with Crippen LogP contribution in [-0.4, -0.2) is 15.0 Å². The summed E-state index contributed by atoms with van der Waals surface area (Å²) in [7, 11) is 0. The van der Waals surface area contributed by atoms with Crippen LogP contribution in [0.15, 0.2) is 200 Å². The van der Waals surface area contributed by atoms with Crippen molar-refractivity contribution in [3.8, 4) is 78.7 Å². The summed E-state index contributed by atoms with van der Waals surface area (Å²) in [6.07, 6.45) is 0. The first-order valence-electron chi connectivity index (χ1n) is 18.4. The number of aromatic nitrogens is 3. The van der Waals surface area contributed by atoms with E-state index in [1.165, 1.54) is 48.2 Å². The molecule has 2 aromatic heterocycles. The van der Waals surface area contributed by atoms with Crippen LogP contribution in [0.2, 0.25) is 0 Å². The van der Waals surface area contributed by atoms with Gasteiger partial charge in [-0.15, -0.1) is 11.3 Å². The maximum atomic E-state index is 5.24. The van der Waals surface area contributed by atoms with Gasteiger partial charge in [-0.25, -0.2) is 15.0 Å². The van der Waals surface area contributed by atoms with Gasteiger partial charge in [-0.05, 0) is 74.8 Å². The van der Waals surface area contributed by atoms with Gasteiger partial charge in [-0.1, -0.05) is 170 Å². The first-order valence-corrected chi connectivity index (χ1v) is 19.2. The minimum absolute atomic E-state index is 0.639. The predicted molar refractivity (Wildman–Crippen MR) is 231 cm³/mol. The van der Waals surface area contributed by atoms with E-state index in [1.807, 2.05) is 24.3 Å². The fraction of sp³-hybridized carbons (Fsp3) is 0. The largest absolute Gasteiger partial charge is 0.208 e. The quantitative estimate of drug-likeness (QED) is 0.165. The third kappa shape index (κ3) is 6.39. The highest BCUT2D eigenvalue weighted by atomic mass is 32.1. The van der Waals surface area contributed by atoms with Crippen molar-refractivity contribution < 1.29 is 0 Å². The van der Waals surface area contributed by atoms with Gasteiger partial charge in [0.15, 0.2) is 17.5 Å². The van der Waals surface area contributed by atoms with Gasteiger partial charge in [0, 0.05) is 36.9 Å². The van der Waals surface area contributed by atoms with E-state index in [-0.39, 0.29) is 0 Å². The molecule has 10 rings (SSSR count). The Morgan fingerprint density at radius 2 is 0.691 bits per heavy atom. The van der Waals surface area contributed by atoms with Gasteiger partial charge < -0.3 is 0 Å². The molecule has 258 valence electrons. The Bertz CT molecular complexity index is 2950. The summed E-state index contributed by atoms with van der Waals surface area (Å²) in [5, 5.41) is 2.36. The van der Waals surface area contributed by atoms with Crippen LogP contribution < -0.4 is 0 Å². The van der Waals surface area contributed by atoms with Crippen molar-refractivity contribution in [2.75, 3.05) is 0 Å².